The molecule has 0 radical (unpaired) electrons. The van der Waals surface area contributed by atoms with Crippen LogP contribution in [-0.4, -0.2) is 35.8 Å². The third-order valence-corrected chi connectivity index (χ3v) is 5.92. The van der Waals surface area contributed by atoms with Gasteiger partial charge < -0.3 is 9.47 Å². The van der Waals surface area contributed by atoms with E-state index >= 15 is 0 Å². The van der Waals surface area contributed by atoms with Gasteiger partial charge >= 0.3 is 11.2 Å². The quantitative estimate of drug-likeness (QED) is 0.326. The first-order chi connectivity index (χ1) is 10.8. The van der Waals surface area contributed by atoms with E-state index in [2.05, 4.69) is 9.37 Å². The van der Waals surface area contributed by atoms with E-state index in [-0.39, 0.29) is 5.60 Å². The second-order valence-electron chi connectivity index (χ2n) is 7.07. The summed E-state index contributed by atoms with van der Waals surface area (Å²) in [6, 6.07) is 0. The molecule has 1 N–H and O–H groups in total. The van der Waals surface area contributed by atoms with Crippen LogP contribution in [0.3, 0.4) is 0 Å². The maximum absolute atomic E-state index is 13.4. The molecule has 0 amide bonds. The smallest absolute Gasteiger partial charge is 0.354 e. The van der Waals surface area contributed by atoms with Crippen molar-refractivity contribution >= 4 is 18.0 Å². The number of carbonyl (C=O) groups excluding carboxylic acids is 1. The molecule has 0 aromatic rings. The number of halogens is 2. The molecule has 23 heavy (non-hydrogen) atoms. The Morgan fingerprint density at radius 3 is 2.52 bits per heavy atom. The van der Waals surface area contributed by atoms with Crippen LogP contribution in [0.25, 0.3) is 0 Å². The summed E-state index contributed by atoms with van der Waals surface area (Å²) in [6.07, 6.45) is 4.85. The minimum Gasteiger partial charge on any atom is -0.458 e. The Morgan fingerprint density at radius 1 is 1.30 bits per heavy atom. The lowest BCUT2D eigenvalue weighted by atomic mass is 9.48. The molecule has 0 aromatic heterocycles. The average molecular weight is 354 g/mol. The predicted octanol–water partition coefficient (Wildman–Crippen LogP) is 3.18. The fourth-order valence-electron chi connectivity index (χ4n) is 5.05. The number of ether oxygens (including phenoxy) is 2. The zero-order chi connectivity index (χ0) is 16.7. The molecule has 4 fully saturated rings. The van der Waals surface area contributed by atoms with Gasteiger partial charge in [0.15, 0.2) is 6.61 Å². The predicted molar refractivity (Wildman–Crippen MR) is 75.2 cm³/mol. The van der Waals surface area contributed by atoms with Crippen molar-refractivity contribution in [2.75, 3.05) is 13.7 Å². The van der Waals surface area contributed by atoms with Gasteiger partial charge in [0.1, 0.15) is 12.0 Å². The summed E-state index contributed by atoms with van der Waals surface area (Å²) in [7, 11) is 1.66. The highest BCUT2D eigenvalue weighted by atomic mass is 32.2. The number of hydrogen-bond donors (Lipinski definition) is 1. The molecule has 4 rings (SSSR count). The van der Waals surface area contributed by atoms with E-state index in [0.29, 0.717) is 31.1 Å². The second kappa shape index (κ2) is 6.11. The number of esters is 1. The van der Waals surface area contributed by atoms with Crippen molar-refractivity contribution in [3.05, 3.63) is 0 Å². The van der Waals surface area contributed by atoms with Crippen LogP contribution >= 0.6 is 12.0 Å². The topological polar surface area (TPSA) is 74.2 Å². The molecule has 2 unspecified atom stereocenters. The fraction of sp³-hybridized carbons (Fsp3) is 0.929. The van der Waals surface area contributed by atoms with Gasteiger partial charge in [0.25, 0.3) is 0 Å². The average Bonchev–Trinajstić information content (AvgIpc) is 2.49. The van der Waals surface area contributed by atoms with E-state index in [0.717, 1.165) is 19.3 Å². The highest BCUT2D eigenvalue weighted by Crippen LogP contribution is 2.63. The molecule has 4 aliphatic rings. The van der Waals surface area contributed by atoms with Crippen LogP contribution in [0.15, 0.2) is 0 Å². The van der Waals surface area contributed by atoms with Crippen LogP contribution in [0, 0.1) is 17.3 Å². The Balaban J connectivity index is 1.65. The van der Waals surface area contributed by atoms with E-state index in [1.54, 1.807) is 7.11 Å². The summed E-state index contributed by atoms with van der Waals surface area (Å²) in [6.45, 7) is -1.13. The highest BCUT2D eigenvalue weighted by Gasteiger charge is 2.61. The number of carbonyl (C=O) groups is 1. The maximum atomic E-state index is 13.4. The summed E-state index contributed by atoms with van der Waals surface area (Å²) < 4.78 is 41.2. The molecule has 4 aliphatic carbocycles. The van der Waals surface area contributed by atoms with Gasteiger partial charge in [-0.3, -0.25) is 4.79 Å². The minimum absolute atomic E-state index is 0.311. The van der Waals surface area contributed by atoms with Gasteiger partial charge in [-0.05, 0) is 50.4 Å². The molecular weight excluding hydrogens is 334 g/mol. The second-order valence-corrected chi connectivity index (χ2v) is 7.97. The molecule has 0 saturated heterocycles. The largest absolute Gasteiger partial charge is 0.458 e. The molecule has 0 aromatic carbocycles. The van der Waals surface area contributed by atoms with Crippen molar-refractivity contribution in [2.45, 2.75) is 49.4 Å². The molecule has 2 atom stereocenters. The first-order valence-corrected chi connectivity index (χ1v) is 8.32. The molecule has 9 heteroatoms. The van der Waals surface area contributed by atoms with Crippen LogP contribution in [0.5, 0.6) is 0 Å². The SMILES string of the molecule is COC12CC3CC(C1)CC(C(=O)OCC(F)(F)SOOO)(C3)C2. The van der Waals surface area contributed by atoms with Crippen molar-refractivity contribution in [3.63, 3.8) is 0 Å². The summed E-state index contributed by atoms with van der Waals surface area (Å²) in [5.74, 6) is 0.202. The Morgan fingerprint density at radius 2 is 1.96 bits per heavy atom. The van der Waals surface area contributed by atoms with E-state index in [9.17, 15) is 13.6 Å². The molecule has 132 valence electrons. The van der Waals surface area contributed by atoms with E-state index in [4.69, 9.17) is 14.7 Å². The molecule has 4 bridgehead atoms. The van der Waals surface area contributed by atoms with Crippen LogP contribution in [0.4, 0.5) is 8.78 Å². The van der Waals surface area contributed by atoms with Gasteiger partial charge in [0, 0.05) is 7.11 Å². The van der Waals surface area contributed by atoms with Crippen molar-refractivity contribution in [2.24, 2.45) is 17.3 Å². The molecule has 0 spiro atoms. The van der Waals surface area contributed by atoms with Crippen molar-refractivity contribution in [1.82, 2.24) is 0 Å². The third-order valence-electron chi connectivity index (χ3n) is 5.43. The number of rotatable bonds is 7. The van der Waals surface area contributed by atoms with Gasteiger partial charge in [0.05, 0.1) is 11.0 Å². The van der Waals surface area contributed by atoms with Gasteiger partial charge in [-0.1, -0.05) is 5.04 Å². The van der Waals surface area contributed by atoms with Gasteiger partial charge in [0.2, 0.25) is 0 Å². The summed E-state index contributed by atoms with van der Waals surface area (Å²) in [4.78, 5) is 12.5. The first-order valence-electron chi connectivity index (χ1n) is 7.58. The summed E-state index contributed by atoms with van der Waals surface area (Å²) in [5, 5.41) is 7.56. The molecule has 0 aliphatic heterocycles. The summed E-state index contributed by atoms with van der Waals surface area (Å²) >= 11 is -0.406. The molecular formula is C14H20F2O6S. The fourth-order valence-corrected chi connectivity index (χ4v) is 5.28. The Labute approximate surface area is 136 Å². The first kappa shape index (κ1) is 17.3. The number of alkyl halides is 2. The zero-order valence-electron chi connectivity index (χ0n) is 12.8. The number of hydrogen-bond acceptors (Lipinski definition) is 7. The molecule has 0 heterocycles. The highest BCUT2D eigenvalue weighted by molar-refractivity contribution is 7.95. The Kier molecular flexibility index (Phi) is 4.61. The van der Waals surface area contributed by atoms with Crippen LogP contribution in [0.2, 0.25) is 0 Å². The Hall–Kier alpha value is -0.480. The third kappa shape index (κ3) is 3.34. The monoisotopic (exact) mass is 354 g/mol. The Bertz CT molecular complexity index is 460. The normalized spacial score (nSPS) is 38.8. The maximum Gasteiger partial charge on any atom is 0.354 e. The van der Waals surface area contributed by atoms with Crippen molar-refractivity contribution in [3.8, 4) is 0 Å². The van der Waals surface area contributed by atoms with Gasteiger partial charge in [-0.15, -0.1) is 4.33 Å². The minimum atomic E-state index is -3.50. The molecule has 4 saturated carbocycles. The van der Waals surface area contributed by atoms with Gasteiger partial charge in [-0.25, -0.2) is 5.26 Å². The lowest BCUT2D eigenvalue weighted by Crippen LogP contribution is -2.59. The van der Waals surface area contributed by atoms with Crippen LogP contribution in [0.1, 0.15) is 38.5 Å². The van der Waals surface area contributed by atoms with E-state index < -0.39 is 35.3 Å². The van der Waals surface area contributed by atoms with Crippen LogP contribution in [-0.2, 0) is 23.6 Å². The summed E-state index contributed by atoms with van der Waals surface area (Å²) in [5.41, 5.74) is -1.02. The standard InChI is InChI=1S/C14H20F2O6S/c1-19-13-5-9-2-10(6-13)4-12(3-9,7-13)11(17)20-8-14(15,16)23-22-21-18/h9-10,18H,2-8H2,1H3. The lowest BCUT2D eigenvalue weighted by Gasteiger charge is -2.60. The lowest BCUT2D eigenvalue weighted by molar-refractivity contribution is -0.433. The van der Waals surface area contributed by atoms with E-state index in [1.807, 2.05) is 0 Å². The van der Waals surface area contributed by atoms with Gasteiger partial charge in [-0.2, -0.15) is 8.78 Å². The molecule has 6 nitrogen and oxygen atoms in total. The van der Waals surface area contributed by atoms with Crippen molar-refractivity contribution < 1.29 is 37.7 Å². The number of methoxy groups -OCH3 is 1. The van der Waals surface area contributed by atoms with Crippen molar-refractivity contribution in [1.29, 1.82) is 0 Å². The van der Waals surface area contributed by atoms with E-state index in [1.165, 1.54) is 0 Å². The zero-order valence-corrected chi connectivity index (χ0v) is 13.6. The van der Waals surface area contributed by atoms with Crippen LogP contribution < -0.4 is 0 Å².